The number of hydrogen-bond donors (Lipinski definition) is 0. The SMILES string of the molecule is Cc1cc(C2=NO[C@](C)(c3cc(Cl)c(Cl)c(Cl)c3)C2)sc1Br. The molecule has 0 spiro atoms. The fourth-order valence-electron chi connectivity index (χ4n) is 2.29. The van der Waals surface area contributed by atoms with Crippen molar-refractivity contribution in [3.63, 3.8) is 0 Å². The lowest BCUT2D eigenvalue weighted by atomic mass is 9.90. The van der Waals surface area contributed by atoms with Crippen LogP contribution in [0.3, 0.4) is 0 Å². The molecule has 7 heteroatoms. The monoisotopic (exact) mass is 437 g/mol. The van der Waals surface area contributed by atoms with Crippen LogP contribution in [0.1, 0.15) is 29.3 Å². The Labute approximate surface area is 156 Å². The van der Waals surface area contributed by atoms with Gasteiger partial charge in [0.25, 0.3) is 0 Å². The minimum absolute atomic E-state index is 0.354. The number of aryl methyl sites for hydroxylation is 1. The van der Waals surface area contributed by atoms with E-state index in [-0.39, 0.29) is 0 Å². The van der Waals surface area contributed by atoms with Gasteiger partial charge in [-0.25, -0.2) is 0 Å². The Bertz CT molecular complexity index is 747. The van der Waals surface area contributed by atoms with E-state index in [1.807, 2.05) is 6.92 Å². The Kier molecular flexibility index (Phi) is 4.52. The third-order valence-electron chi connectivity index (χ3n) is 3.60. The van der Waals surface area contributed by atoms with E-state index in [0.29, 0.717) is 21.5 Å². The number of oxime groups is 1. The smallest absolute Gasteiger partial charge is 0.165 e. The highest BCUT2D eigenvalue weighted by Gasteiger charge is 2.38. The van der Waals surface area contributed by atoms with Crippen LogP contribution in [0.2, 0.25) is 15.1 Å². The van der Waals surface area contributed by atoms with Crippen LogP contribution in [0, 0.1) is 6.92 Å². The van der Waals surface area contributed by atoms with Crippen LogP contribution in [0.25, 0.3) is 0 Å². The minimum atomic E-state index is -0.600. The zero-order valence-electron chi connectivity index (χ0n) is 11.7. The number of nitrogens with zero attached hydrogens (tertiary/aromatic N) is 1. The summed E-state index contributed by atoms with van der Waals surface area (Å²) >= 11 is 23.4. The highest BCUT2D eigenvalue weighted by atomic mass is 79.9. The molecule has 1 aromatic carbocycles. The molecule has 2 heterocycles. The van der Waals surface area contributed by atoms with Crippen LogP contribution < -0.4 is 0 Å². The van der Waals surface area contributed by atoms with Gasteiger partial charge in [0.05, 0.1) is 23.7 Å². The van der Waals surface area contributed by atoms with Crippen molar-refractivity contribution in [1.82, 2.24) is 0 Å². The van der Waals surface area contributed by atoms with Crippen LogP contribution >= 0.6 is 62.1 Å². The maximum atomic E-state index is 6.12. The fourth-order valence-corrected chi connectivity index (χ4v) is 4.40. The lowest BCUT2D eigenvalue weighted by molar-refractivity contribution is -0.00737. The topological polar surface area (TPSA) is 21.6 Å². The quantitative estimate of drug-likeness (QED) is 0.471. The molecule has 0 fully saturated rings. The standard InChI is InChI=1S/C15H11BrCl3NOS/c1-7-3-12(22-14(7)16)11-6-15(2,21-20-11)8-4-9(17)13(19)10(18)5-8/h3-5H,6H2,1-2H3/t15-/m0/s1. The summed E-state index contributed by atoms with van der Waals surface area (Å²) in [4.78, 5) is 6.81. The Hall–Kier alpha value is -0.260. The molecular weight excluding hydrogens is 429 g/mol. The van der Waals surface area contributed by atoms with Gasteiger partial charge in [0.15, 0.2) is 5.60 Å². The molecule has 0 bridgehead atoms. The number of rotatable bonds is 2. The molecule has 2 nitrogen and oxygen atoms in total. The molecule has 2 aromatic rings. The van der Waals surface area contributed by atoms with Crippen LogP contribution in [-0.2, 0) is 10.4 Å². The molecule has 1 atom stereocenters. The second-order valence-electron chi connectivity index (χ2n) is 5.36. The van der Waals surface area contributed by atoms with E-state index in [4.69, 9.17) is 39.6 Å². The molecule has 0 saturated carbocycles. The van der Waals surface area contributed by atoms with Crippen molar-refractivity contribution in [2.45, 2.75) is 25.9 Å². The zero-order chi connectivity index (χ0) is 16.1. The van der Waals surface area contributed by atoms with E-state index in [2.05, 4.69) is 34.1 Å². The van der Waals surface area contributed by atoms with Crippen LogP contribution in [0.15, 0.2) is 27.1 Å². The molecule has 0 saturated heterocycles. The predicted molar refractivity (Wildman–Crippen MR) is 97.8 cm³/mol. The lowest BCUT2D eigenvalue weighted by Crippen LogP contribution is -2.22. The van der Waals surface area contributed by atoms with E-state index in [1.165, 1.54) is 5.56 Å². The first-order valence-electron chi connectivity index (χ1n) is 6.46. The number of thiophene rings is 1. The average molecular weight is 440 g/mol. The van der Waals surface area contributed by atoms with Gasteiger partial charge in [0.2, 0.25) is 0 Å². The highest BCUT2D eigenvalue weighted by Crippen LogP contribution is 2.42. The summed E-state index contributed by atoms with van der Waals surface area (Å²) in [7, 11) is 0. The summed E-state index contributed by atoms with van der Waals surface area (Å²) in [5, 5.41) is 5.44. The largest absolute Gasteiger partial charge is 0.384 e. The van der Waals surface area contributed by atoms with Gasteiger partial charge in [-0.15, -0.1) is 11.3 Å². The van der Waals surface area contributed by atoms with Crippen LogP contribution in [0.4, 0.5) is 0 Å². The number of hydrogen-bond acceptors (Lipinski definition) is 3. The van der Waals surface area contributed by atoms with E-state index in [1.54, 1.807) is 23.5 Å². The first kappa shape index (κ1) is 16.6. The second kappa shape index (κ2) is 5.99. The molecule has 1 aliphatic rings. The Morgan fingerprint density at radius 1 is 1.23 bits per heavy atom. The summed E-state index contributed by atoms with van der Waals surface area (Å²) in [5.74, 6) is 0. The first-order valence-corrected chi connectivity index (χ1v) is 9.21. The Morgan fingerprint density at radius 2 is 1.86 bits per heavy atom. The van der Waals surface area contributed by atoms with Crippen LogP contribution in [0.5, 0.6) is 0 Å². The summed E-state index contributed by atoms with van der Waals surface area (Å²) in [5.41, 5.74) is 2.37. The van der Waals surface area contributed by atoms with E-state index < -0.39 is 5.60 Å². The van der Waals surface area contributed by atoms with Crippen molar-refractivity contribution in [2.75, 3.05) is 0 Å². The van der Waals surface area contributed by atoms with Gasteiger partial charge in [-0.2, -0.15) is 0 Å². The summed E-state index contributed by atoms with van der Waals surface area (Å²) in [6.07, 6.45) is 0.647. The molecule has 0 amide bonds. The third-order valence-corrected chi connectivity index (χ3v) is 6.98. The average Bonchev–Trinajstić information content (AvgIpc) is 3.01. The molecular formula is C15H11BrCl3NOS. The Balaban J connectivity index is 1.91. The van der Waals surface area contributed by atoms with Gasteiger partial charge in [-0.1, -0.05) is 40.0 Å². The molecule has 22 heavy (non-hydrogen) atoms. The van der Waals surface area contributed by atoms with Crippen LogP contribution in [-0.4, -0.2) is 5.71 Å². The molecule has 0 unspecified atom stereocenters. The summed E-state index contributed by atoms with van der Waals surface area (Å²) in [6.45, 7) is 4.02. The molecule has 0 radical (unpaired) electrons. The van der Waals surface area contributed by atoms with Crippen molar-refractivity contribution in [3.8, 4) is 0 Å². The maximum absolute atomic E-state index is 6.12. The van der Waals surface area contributed by atoms with E-state index in [9.17, 15) is 0 Å². The predicted octanol–water partition coefficient (Wildman–Crippen LogP) is 6.82. The van der Waals surface area contributed by atoms with Gasteiger partial charge in [-0.3, -0.25) is 0 Å². The minimum Gasteiger partial charge on any atom is -0.384 e. The lowest BCUT2D eigenvalue weighted by Gasteiger charge is -2.22. The van der Waals surface area contributed by atoms with E-state index >= 15 is 0 Å². The highest BCUT2D eigenvalue weighted by molar-refractivity contribution is 9.11. The molecule has 1 aromatic heterocycles. The van der Waals surface area contributed by atoms with Crippen molar-refractivity contribution >= 4 is 67.8 Å². The number of halogens is 4. The van der Waals surface area contributed by atoms with Gasteiger partial charge in [0, 0.05) is 12.0 Å². The zero-order valence-corrected chi connectivity index (χ0v) is 16.4. The van der Waals surface area contributed by atoms with Crippen molar-refractivity contribution < 1.29 is 4.84 Å². The molecule has 1 aliphatic heterocycles. The number of benzene rings is 1. The molecule has 3 rings (SSSR count). The van der Waals surface area contributed by atoms with Gasteiger partial charge < -0.3 is 4.84 Å². The van der Waals surface area contributed by atoms with Crippen molar-refractivity contribution in [1.29, 1.82) is 0 Å². The Morgan fingerprint density at radius 3 is 2.41 bits per heavy atom. The van der Waals surface area contributed by atoms with E-state index in [0.717, 1.165) is 19.9 Å². The van der Waals surface area contributed by atoms with Crippen molar-refractivity contribution in [3.05, 3.63) is 53.1 Å². The van der Waals surface area contributed by atoms with Gasteiger partial charge in [0.1, 0.15) is 5.71 Å². The first-order chi connectivity index (χ1) is 10.3. The molecule has 0 aliphatic carbocycles. The fraction of sp³-hybridized carbons (Fsp3) is 0.267. The maximum Gasteiger partial charge on any atom is 0.165 e. The second-order valence-corrected chi connectivity index (χ2v) is 8.92. The molecule has 116 valence electrons. The summed E-state index contributed by atoms with van der Waals surface area (Å²) < 4.78 is 1.11. The third kappa shape index (κ3) is 2.92. The summed E-state index contributed by atoms with van der Waals surface area (Å²) in [6, 6.07) is 5.66. The molecule has 0 N–H and O–H groups in total. The van der Waals surface area contributed by atoms with Gasteiger partial charge >= 0.3 is 0 Å². The van der Waals surface area contributed by atoms with Gasteiger partial charge in [-0.05, 0) is 53.5 Å². The normalized spacial score (nSPS) is 20.9. The van der Waals surface area contributed by atoms with Crippen molar-refractivity contribution in [2.24, 2.45) is 5.16 Å².